The zero-order chi connectivity index (χ0) is 26.0. The summed E-state index contributed by atoms with van der Waals surface area (Å²) in [5.41, 5.74) is 4.84. The van der Waals surface area contributed by atoms with Crippen LogP contribution in [0.4, 0.5) is 0 Å². The molecule has 0 atom stereocenters. The van der Waals surface area contributed by atoms with E-state index >= 15 is 0 Å². The molecule has 0 saturated heterocycles. The zero-order valence-corrected chi connectivity index (χ0v) is 21.1. The fraction of sp³-hybridized carbons (Fsp3) is 0.250. The van der Waals surface area contributed by atoms with Gasteiger partial charge in [0.2, 0.25) is 5.78 Å². The number of hydrogen-bond donors (Lipinski definition) is 0. The number of hydrogen-bond acceptors (Lipinski definition) is 5. The molecule has 0 bridgehead atoms. The normalized spacial score (nSPS) is 11.0. The number of ether oxygens (including phenoxy) is 2. The topological polar surface area (TPSA) is 84.5 Å². The molecule has 0 N–H and O–H groups in total. The minimum atomic E-state index is -0.578. The van der Waals surface area contributed by atoms with Crippen LogP contribution in [-0.4, -0.2) is 39.4 Å². The maximum absolute atomic E-state index is 13.5. The molecule has 0 unspecified atom stereocenters. The number of carbonyl (C=O) groups excluding carboxylic acids is 2. The van der Waals surface area contributed by atoms with Crippen LogP contribution in [-0.2, 0) is 23.1 Å². The predicted molar refractivity (Wildman–Crippen MR) is 136 cm³/mol. The first-order valence-corrected chi connectivity index (χ1v) is 11.6. The Morgan fingerprint density at radius 3 is 2.22 bits per heavy atom. The third-order valence-electron chi connectivity index (χ3n) is 6.31. The number of esters is 1. The third-order valence-corrected chi connectivity index (χ3v) is 6.31. The number of rotatable bonds is 8. The highest BCUT2D eigenvalue weighted by Crippen LogP contribution is 2.23. The number of methoxy groups -OCH3 is 1. The summed E-state index contributed by atoms with van der Waals surface area (Å²) in [7, 11) is 3.43. The molecule has 2 heterocycles. The van der Waals surface area contributed by atoms with Gasteiger partial charge < -0.3 is 14.0 Å². The fourth-order valence-electron chi connectivity index (χ4n) is 4.40. The Morgan fingerprint density at radius 1 is 0.917 bits per heavy atom. The van der Waals surface area contributed by atoms with Crippen LogP contribution in [0.3, 0.4) is 0 Å². The van der Waals surface area contributed by atoms with Crippen molar-refractivity contribution in [1.29, 1.82) is 0 Å². The molecule has 8 heteroatoms. The van der Waals surface area contributed by atoms with Gasteiger partial charge in [-0.25, -0.2) is 9.48 Å². The molecular formula is C28H29N3O5. The fourth-order valence-corrected chi connectivity index (χ4v) is 4.40. The average molecular weight is 488 g/mol. The summed E-state index contributed by atoms with van der Waals surface area (Å²) in [6.45, 7) is 5.55. The van der Waals surface area contributed by atoms with Crippen LogP contribution in [0, 0.1) is 20.8 Å². The lowest BCUT2D eigenvalue weighted by molar-refractivity contribution is 0.0474. The summed E-state index contributed by atoms with van der Waals surface area (Å²) < 4.78 is 15.5. The summed E-state index contributed by atoms with van der Waals surface area (Å²) in [6.07, 6.45) is 0. The van der Waals surface area contributed by atoms with Gasteiger partial charge in [0.05, 0.1) is 23.6 Å². The number of Topliss-reactive ketones (excluding diaryl/α,β-unsaturated/α-hetero) is 1. The lowest BCUT2D eigenvalue weighted by Crippen LogP contribution is -2.22. The highest BCUT2D eigenvalue weighted by Gasteiger charge is 2.24. The first kappa shape index (κ1) is 24.9. The summed E-state index contributed by atoms with van der Waals surface area (Å²) in [5, 5.41) is 0. The summed E-state index contributed by atoms with van der Waals surface area (Å²) in [6, 6.07) is 18.0. The standard InChI is InChI=1S/C28H29N3O5/c1-18-15-24(25(32)17-36-28(34)22-13-11-21(12-14-22)16-35-5)19(2)30(18)26-20(3)29(4)31(27(26)33)23-9-7-6-8-10-23/h6-15H,16-17H2,1-5H3. The SMILES string of the molecule is COCc1ccc(C(=O)OCC(=O)c2cc(C)n(-c3c(C)n(C)n(-c4ccccc4)c3=O)c2C)cc1. The van der Waals surface area contributed by atoms with Crippen molar-refractivity contribution in [3.63, 3.8) is 0 Å². The Morgan fingerprint density at radius 2 is 1.58 bits per heavy atom. The van der Waals surface area contributed by atoms with Crippen LogP contribution < -0.4 is 5.56 Å². The van der Waals surface area contributed by atoms with Crippen LogP contribution in [0.2, 0.25) is 0 Å². The maximum atomic E-state index is 13.5. The van der Waals surface area contributed by atoms with Gasteiger partial charge in [-0.3, -0.25) is 14.3 Å². The van der Waals surface area contributed by atoms with Crippen LogP contribution in [0.15, 0.2) is 65.5 Å². The first-order valence-electron chi connectivity index (χ1n) is 11.6. The van der Waals surface area contributed by atoms with Gasteiger partial charge in [0.1, 0.15) is 5.69 Å². The van der Waals surface area contributed by atoms with Gasteiger partial charge in [0, 0.05) is 31.1 Å². The van der Waals surface area contributed by atoms with Crippen molar-refractivity contribution in [1.82, 2.24) is 13.9 Å². The second kappa shape index (κ2) is 10.2. The highest BCUT2D eigenvalue weighted by molar-refractivity contribution is 6.00. The van der Waals surface area contributed by atoms with E-state index in [-0.39, 0.29) is 11.3 Å². The molecule has 0 saturated carbocycles. The van der Waals surface area contributed by atoms with Crippen molar-refractivity contribution in [3.8, 4) is 11.4 Å². The number of aromatic nitrogens is 3. The monoisotopic (exact) mass is 487 g/mol. The Labute approximate surface area is 209 Å². The number of aryl methyl sites for hydroxylation is 1. The van der Waals surface area contributed by atoms with E-state index in [4.69, 9.17) is 9.47 Å². The van der Waals surface area contributed by atoms with Gasteiger partial charge in [-0.05, 0) is 56.7 Å². The van der Waals surface area contributed by atoms with E-state index < -0.39 is 12.6 Å². The van der Waals surface area contributed by atoms with Gasteiger partial charge in [-0.2, -0.15) is 0 Å². The van der Waals surface area contributed by atoms with Gasteiger partial charge >= 0.3 is 5.97 Å². The van der Waals surface area contributed by atoms with Crippen molar-refractivity contribution < 1.29 is 19.1 Å². The molecule has 0 amide bonds. The van der Waals surface area contributed by atoms with E-state index in [0.717, 1.165) is 22.6 Å². The zero-order valence-electron chi connectivity index (χ0n) is 21.1. The molecule has 0 aliphatic carbocycles. The van der Waals surface area contributed by atoms with Gasteiger partial charge in [0.25, 0.3) is 5.56 Å². The molecule has 8 nitrogen and oxygen atoms in total. The largest absolute Gasteiger partial charge is 0.454 e. The van der Waals surface area contributed by atoms with E-state index in [1.165, 1.54) is 0 Å². The summed E-state index contributed by atoms with van der Waals surface area (Å²) >= 11 is 0. The Hall–Kier alpha value is -4.17. The van der Waals surface area contributed by atoms with Gasteiger partial charge in [-0.15, -0.1) is 0 Å². The molecule has 36 heavy (non-hydrogen) atoms. The molecule has 4 rings (SSSR count). The molecular weight excluding hydrogens is 458 g/mol. The summed E-state index contributed by atoms with van der Waals surface area (Å²) in [4.78, 5) is 38.9. The minimum absolute atomic E-state index is 0.189. The number of carbonyl (C=O) groups is 2. The molecule has 0 aliphatic rings. The summed E-state index contributed by atoms with van der Waals surface area (Å²) in [5.74, 6) is -0.915. The lowest BCUT2D eigenvalue weighted by Gasteiger charge is -2.09. The lowest BCUT2D eigenvalue weighted by atomic mass is 10.1. The Kier molecular flexibility index (Phi) is 7.07. The predicted octanol–water partition coefficient (Wildman–Crippen LogP) is 4.08. The number of nitrogens with zero attached hydrogens (tertiary/aromatic N) is 3. The van der Waals surface area contributed by atoms with Crippen molar-refractivity contribution in [2.75, 3.05) is 13.7 Å². The molecule has 0 radical (unpaired) electrons. The number of benzene rings is 2. The van der Waals surface area contributed by atoms with E-state index in [1.54, 1.807) is 58.3 Å². The maximum Gasteiger partial charge on any atom is 0.338 e. The molecule has 2 aromatic heterocycles. The average Bonchev–Trinajstić information content (AvgIpc) is 3.28. The second-order valence-electron chi connectivity index (χ2n) is 8.66. The van der Waals surface area contributed by atoms with Gasteiger partial charge in [0.15, 0.2) is 6.61 Å². The minimum Gasteiger partial charge on any atom is -0.454 e. The molecule has 0 aliphatic heterocycles. The van der Waals surface area contributed by atoms with E-state index in [0.29, 0.717) is 29.1 Å². The van der Waals surface area contributed by atoms with Crippen LogP contribution in [0.1, 0.15) is 43.4 Å². The second-order valence-corrected chi connectivity index (χ2v) is 8.66. The first-order chi connectivity index (χ1) is 17.2. The van der Waals surface area contributed by atoms with Crippen molar-refractivity contribution in [2.24, 2.45) is 7.05 Å². The Balaban J connectivity index is 1.59. The quantitative estimate of drug-likeness (QED) is 0.276. The third kappa shape index (κ3) is 4.55. The van der Waals surface area contributed by atoms with Crippen LogP contribution in [0.25, 0.3) is 11.4 Å². The van der Waals surface area contributed by atoms with Gasteiger partial charge in [-0.1, -0.05) is 30.3 Å². The number of ketones is 1. The van der Waals surface area contributed by atoms with E-state index in [1.807, 2.05) is 51.2 Å². The Bertz CT molecular complexity index is 1470. The molecule has 2 aromatic carbocycles. The molecule has 186 valence electrons. The van der Waals surface area contributed by atoms with Crippen molar-refractivity contribution in [2.45, 2.75) is 27.4 Å². The van der Waals surface area contributed by atoms with Crippen LogP contribution in [0.5, 0.6) is 0 Å². The van der Waals surface area contributed by atoms with E-state index in [9.17, 15) is 14.4 Å². The van der Waals surface area contributed by atoms with Crippen molar-refractivity contribution in [3.05, 3.63) is 105 Å². The highest BCUT2D eigenvalue weighted by atomic mass is 16.5. The molecule has 4 aromatic rings. The molecule has 0 fully saturated rings. The number of para-hydroxylation sites is 1. The van der Waals surface area contributed by atoms with Crippen molar-refractivity contribution >= 4 is 11.8 Å². The van der Waals surface area contributed by atoms with Crippen LogP contribution >= 0.6 is 0 Å². The van der Waals surface area contributed by atoms with E-state index in [2.05, 4.69) is 0 Å². The smallest absolute Gasteiger partial charge is 0.338 e. The molecule has 0 spiro atoms.